The number of ether oxygens (including phenoxy) is 1. The molecule has 0 heterocycles. The third-order valence-electron chi connectivity index (χ3n) is 3.97. The number of allylic oxidation sites excluding steroid dienone is 5. The van der Waals surface area contributed by atoms with Crippen LogP contribution in [0.15, 0.2) is 46.6 Å². The van der Waals surface area contributed by atoms with Crippen LogP contribution in [-0.4, -0.2) is 36.4 Å². The van der Waals surface area contributed by atoms with E-state index in [0.717, 1.165) is 17.6 Å². The molecule has 0 saturated heterocycles. The smallest absolute Gasteiger partial charge is 0.302 e. The number of esters is 1. The topological polar surface area (TPSA) is 80.7 Å². The first-order valence-electron chi connectivity index (χ1n) is 9.19. The van der Waals surface area contributed by atoms with Crippen molar-refractivity contribution in [3.63, 3.8) is 0 Å². The van der Waals surface area contributed by atoms with E-state index in [1.165, 1.54) is 18.6 Å². The van der Waals surface area contributed by atoms with E-state index in [9.17, 15) is 19.5 Å². The fourth-order valence-electron chi connectivity index (χ4n) is 2.29. The van der Waals surface area contributed by atoms with Gasteiger partial charge in [-0.3, -0.25) is 14.4 Å². The van der Waals surface area contributed by atoms with E-state index in [4.69, 9.17) is 4.74 Å². The predicted molar refractivity (Wildman–Crippen MR) is 107 cm³/mol. The summed E-state index contributed by atoms with van der Waals surface area (Å²) < 4.78 is 5.08. The molecule has 150 valence electrons. The summed E-state index contributed by atoms with van der Waals surface area (Å²) in [7, 11) is 0. The highest BCUT2D eigenvalue weighted by Crippen LogP contribution is 2.14. The van der Waals surface area contributed by atoms with Gasteiger partial charge in [0, 0.05) is 6.92 Å². The molecule has 0 amide bonds. The summed E-state index contributed by atoms with van der Waals surface area (Å²) >= 11 is 0. The summed E-state index contributed by atoms with van der Waals surface area (Å²) in [6.07, 6.45) is 11.0. The van der Waals surface area contributed by atoms with Gasteiger partial charge in [-0.2, -0.15) is 0 Å². The van der Waals surface area contributed by atoms with Gasteiger partial charge < -0.3 is 9.84 Å². The highest BCUT2D eigenvalue weighted by Gasteiger charge is 2.05. The van der Waals surface area contributed by atoms with Crippen molar-refractivity contribution in [1.82, 2.24) is 0 Å². The lowest BCUT2D eigenvalue weighted by molar-refractivity contribution is -0.140. The lowest BCUT2D eigenvalue weighted by Crippen LogP contribution is -2.07. The summed E-state index contributed by atoms with van der Waals surface area (Å²) in [4.78, 5) is 32.4. The zero-order valence-corrected chi connectivity index (χ0v) is 16.9. The van der Waals surface area contributed by atoms with Gasteiger partial charge in [0.15, 0.2) is 0 Å². The van der Waals surface area contributed by atoms with Crippen LogP contribution in [0.3, 0.4) is 0 Å². The Morgan fingerprint density at radius 2 is 1.67 bits per heavy atom. The van der Waals surface area contributed by atoms with Crippen molar-refractivity contribution in [3.8, 4) is 0 Å². The number of aliphatic hydroxyl groups is 1. The van der Waals surface area contributed by atoms with Crippen molar-refractivity contribution >= 4 is 18.5 Å². The average Bonchev–Trinajstić information content (AvgIpc) is 2.62. The van der Waals surface area contributed by atoms with Crippen molar-refractivity contribution in [2.24, 2.45) is 0 Å². The first-order valence-corrected chi connectivity index (χ1v) is 9.19. The molecule has 27 heavy (non-hydrogen) atoms. The Kier molecular flexibility index (Phi) is 13.6. The number of aldehydes is 2. The summed E-state index contributed by atoms with van der Waals surface area (Å²) in [5.41, 5.74) is 3.47. The van der Waals surface area contributed by atoms with E-state index in [1.54, 1.807) is 0 Å². The summed E-state index contributed by atoms with van der Waals surface area (Å²) in [5, 5.41) is 10.1. The number of carbonyl (C=O) groups excluding carboxylic acids is 3. The van der Waals surface area contributed by atoms with Crippen molar-refractivity contribution in [1.29, 1.82) is 0 Å². The van der Waals surface area contributed by atoms with E-state index in [2.05, 4.69) is 0 Å². The minimum atomic E-state index is -0.496. The molecule has 0 bridgehead atoms. The molecular formula is C22H32O5. The van der Waals surface area contributed by atoms with Crippen LogP contribution < -0.4 is 0 Å². The molecule has 0 aliphatic carbocycles. The Labute approximate surface area is 162 Å². The first kappa shape index (κ1) is 24.7. The van der Waals surface area contributed by atoms with Gasteiger partial charge in [-0.15, -0.1) is 0 Å². The monoisotopic (exact) mass is 376 g/mol. The molecule has 0 fully saturated rings. The average molecular weight is 376 g/mol. The first-order chi connectivity index (χ1) is 12.8. The van der Waals surface area contributed by atoms with Crippen LogP contribution in [0.2, 0.25) is 0 Å². The summed E-state index contributed by atoms with van der Waals surface area (Å²) in [5.74, 6) is -0.348. The van der Waals surface area contributed by atoms with Crippen molar-refractivity contribution < 1.29 is 24.2 Å². The summed E-state index contributed by atoms with van der Waals surface area (Å²) in [6.45, 7) is 7.46. The van der Waals surface area contributed by atoms with Gasteiger partial charge in [-0.05, 0) is 75.7 Å². The SMILES string of the molecule is CC(=O)OC/C(=C\CC/C(C=O)=C\C=O)CC/C=C(\C)[C@H](O)CC=C(C)C. The van der Waals surface area contributed by atoms with Gasteiger partial charge in [-0.1, -0.05) is 23.8 Å². The van der Waals surface area contributed by atoms with E-state index in [0.29, 0.717) is 43.8 Å². The largest absolute Gasteiger partial charge is 0.461 e. The Morgan fingerprint density at radius 3 is 2.22 bits per heavy atom. The molecule has 0 aliphatic rings. The lowest BCUT2D eigenvalue weighted by Gasteiger charge is -2.10. The van der Waals surface area contributed by atoms with Gasteiger partial charge in [0.05, 0.1) is 6.10 Å². The molecule has 0 unspecified atom stereocenters. The number of hydrogen-bond donors (Lipinski definition) is 1. The second-order valence-electron chi connectivity index (χ2n) is 6.70. The van der Waals surface area contributed by atoms with Crippen molar-refractivity contribution in [2.45, 2.75) is 65.9 Å². The predicted octanol–water partition coefficient (Wildman–Crippen LogP) is 4.02. The van der Waals surface area contributed by atoms with Crippen LogP contribution in [0, 0.1) is 0 Å². The van der Waals surface area contributed by atoms with E-state index in [1.807, 2.05) is 39.0 Å². The molecule has 0 aromatic heterocycles. The van der Waals surface area contributed by atoms with Crippen molar-refractivity contribution in [3.05, 3.63) is 46.6 Å². The molecule has 5 heteroatoms. The second kappa shape index (κ2) is 14.9. The highest BCUT2D eigenvalue weighted by atomic mass is 16.5. The standard InChI is InChI=1S/C22H32O5/c1-17(2)11-12-22(26)18(3)7-5-9-21(16-27-19(4)25)10-6-8-20(15-24)13-14-23/h7,10-11,13-15,22,26H,5-6,8-9,12,16H2,1-4H3/b18-7+,20-13+,21-10-/t22-/m1/s1. The third-order valence-corrected chi connectivity index (χ3v) is 3.97. The molecule has 0 saturated carbocycles. The highest BCUT2D eigenvalue weighted by molar-refractivity contribution is 5.81. The minimum absolute atomic E-state index is 0.205. The molecule has 0 spiro atoms. The molecule has 1 N–H and O–H groups in total. The Hall–Kier alpha value is -2.27. The van der Waals surface area contributed by atoms with Crippen LogP contribution in [-0.2, 0) is 19.1 Å². The van der Waals surface area contributed by atoms with Crippen LogP contribution in [0.4, 0.5) is 0 Å². The van der Waals surface area contributed by atoms with Gasteiger partial charge in [0.1, 0.15) is 19.2 Å². The molecule has 0 aromatic rings. The minimum Gasteiger partial charge on any atom is -0.461 e. The van der Waals surface area contributed by atoms with Gasteiger partial charge in [0.25, 0.3) is 0 Å². The fraction of sp³-hybridized carbons (Fsp3) is 0.500. The van der Waals surface area contributed by atoms with Crippen LogP contribution >= 0.6 is 0 Å². The molecule has 0 rings (SSSR count). The van der Waals surface area contributed by atoms with Crippen LogP contribution in [0.1, 0.15) is 59.8 Å². The molecule has 0 aromatic carbocycles. The van der Waals surface area contributed by atoms with Gasteiger partial charge in [-0.25, -0.2) is 0 Å². The number of aliphatic hydroxyl groups excluding tert-OH is 1. The molecule has 5 nitrogen and oxygen atoms in total. The normalized spacial score (nSPS) is 13.7. The maximum Gasteiger partial charge on any atom is 0.302 e. The molecule has 1 atom stereocenters. The number of rotatable bonds is 13. The van der Waals surface area contributed by atoms with Crippen LogP contribution in [0.25, 0.3) is 0 Å². The maximum absolute atomic E-state index is 11.1. The Balaban J connectivity index is 4.78. The molecule has 0 aliphatic heterocycles. The Morgan fingerprint density at radius 1 is 1.00 bits per heavy atom. The zero-order chi connectivity index (χ0) is 20.7. The van der Waals surface area contributed by atoms with Crippen LogP contribution in [0.5, 0.6) is 0 Å². The van der Waals surface area contributed by atoms with Gasteiger partial charge in [0.2, 0.25) is 0 Å². The second-order valence-corrected chi connectivity index (χ2v) is 6.70. The summed E-state index contributed by atoms with van der Waals surface area (Å²) in [6, 6.07) is 0. The lowest BCUT2D eigenvalue weighted by atomic mass is 10.0. The van der Waals surface area contributed by atoms with Gasteiger partial charge >= 0.3 is 5.97 Å². The maximum atomic E-state index is 11.1. The Bertz CT molecular complexity index is 604. The quantitative estimate of drug-likeness (QED) is 0.227. The van der Waals surface area contributed by atoms with E-state index >= 15 is 0 Å². The number of hydrogen-bond acceptors (Lipinski definition) is 5. The molecular weight excluding hydrogens is 344 g/mol. The zero-order valence-electron chi connectivity index (χ0n) is 16.9. The molecule has 0 radical (unpaired) electrons. The van der Waals surface area contributed by atoms with E-state index in [-0.39, 0.29) is 12.6 Å². The third kappa shape index (κ3) is 13.6. The fourth-order valence-corrected chi connectivity index (χ4v) is 2.29. The van der Waals surface area contributed by atoms with Crippen molar-refractivity contribution in [2.75, 3.05) is 6.61 Å². The van der Waals surface area contributed by atoms with E-state index < -0.39 is 6.10 Å². The number of carbonyl (C=O) groups is 3.